The number of furan rings is 1. The summed E-state index contributed by atoms with van der Waals surface area (Å²) in [5.41, 5.74) is 4.13. The minimum Gasteiger partial charge on any atom is -0.464 e. The van der Waals surface area contributed by atoms with Gasteiger partial charge in [-0.1, -0.05) is 6.07 Å². The maximum atomic E-state index is 12.5. The monoisotopic (exact) mass is 418 g/mol. The molecule has 0 aliphatic rings. The van der Waals surface area contributed by atoms with Gasteiger partial charge in [-0.15, -0.1) is 0 Å². The van der Waals surface area contributed by atoms with Gasteiger partial charge in [0.25, 0.3) is 0 Å². The smallest absolute Gasteiger partial charge is 0.339 e. The first-order valence-corrected chi connectivity index (χ1v) is 9.93. The number of carbonyl (C=O) groups is 2. The lowest BCUT2D eigenvalue weighted by Crippen LogP contribution is -2.17. The van der Waals surface area contributed by atoms with Gasteiger partial charge < -0.3 is 19.5 Å². The summed E-state index contributed by atoms with van der Waals surface area (Å²) < 4.78 is 11.0. The van der Waals surface area contributed by atoms with E-state index in [9.17, 15) is 14.4 Å². The molecule has 0 aliphatic carbocycles. The molecule has 2 aromatic carbocycles. The molecule has 7 nitrogen and oxygen atoms in total. The summed E-state index contributed by atoms with van der Waals surface area (Å²) in [7, 11) is 0. The highest BCUT2D eigenvalue weighted by Crippen LogP contribution is 2.29. The molecule has 0 bridgehead atoms. The summed E-state index contributed by atoms with van der Waals surface area (Å²) in [6.07, 6.45) is 2.04. The Labute approximate surface area is 178 Å². The minimum atomic E-state index is -0.451. The van der Waals surface area contributed by atoms with Crippen molar-refractivity contribution in [3.05, 3.63) is 69.8 Å². The van der Waals surface area contributed by atoms with E-state index < -0.39 is 5.63 Å². The van der Waals surface area contributed by atoms with Crippen LogP contribution in [0.15, 0.2) is 56.3 Å². The van der Waals surface area contributed by atoms with Gasteiger partial charge in [-0.2, -0.15) is 0 Å². The van der Waals surface area contributed by atoms with Crippen LogP contribution in [0.3, 0.4) is 0 Å². The van der Waals surface area contributed by atoms with Crippen molar-refractivity contribution in [3.8, 4) is 0 Å². The highest BCUT2D eigenvalue weighted by molar-refractivity contribution is 5.96. The molecule has 0 radical (unpaired) electrons. The Kier molecular flexibility index (Phi) is 5.33. The molecule has 2 heterocycles. The Morgan fingerprint density at radius 1 is 0.968 bits per heavy atom. The van der Waals surface area contributed by atoms with E-state index in [0.717, 1.165) is 21.9 Å². The standard InChI is InChI=1S/C24H22N2O5/c1-13-12-30-21-11-22-20(10-19(13)21)14(2)18(24(29)31-22)7-8-23(28)26-17-6-4-5-16(9-17)25-15(3)27/h4-6,9-12H,7-8H2,1-3H3,(H,25,27)(H,26,28). The minimum absolute atomic E-state index is 0.119. The first-order chi connectivity index (χ1) is 14.8. The molecule has 31 heavy (non-hydrogen) atoms. The maximum Gasteiger partial charge on any atom is 0.339 e. The molecule has 2 aromatic heterocycles. The van der Waals surface area contributed by atoms with E-state index in [1.54, 1.807) is 36.6 Å². The fourth-order valence-electron chi connectivity index (χ4n) is 3.67. The van der Waals surface area contributed by atoms with Crippen LogP contribution in [0, 0.1) is 13.8 Å². The second-order valence-electron chi connectivity index (χ2n) is 7.57. The van der Waals surface area contributed by atoms with Gasteiger partial charge in [-0.25, -0.2) is 4.79 Å². The SMILES string of the molecule is CC(=O)Nc1cccc(NC(=O)CCc2c(C)c3cc4c(C)coc4cc3oc2=O)c1. The number of hydrogen-bond donors (Lipinski definition) is 2. The quantitative estimate of drug-likeness (QED) is 0.458. The summed E-state index contributed by atoms with van der Waals surface area (Å²) in [6, 6.07) is 10.6. The first-order valence-electron chi connectivity index (χ1n) is 9.93. The molecule has 4 rings (SSSR count). The molecule has 158 valence electrons. The third-order valence-electron chi connectivity index (χ3n) is 5.24. The number of rotatable bonds is 5. The van der Waals surface area contributed by atoms with Crippen LogP contribution in [-0.4, -0.2) is 11.8 Å². The number of benzene rings is 2. The Bertz CT molecular complexity index is 1380. The highest BCUT2D eigenvalue weighted by atomic mass is 16.4. The largest absolute Gasteiger partial charge is 0.464 e. The van der Waals surface area contributed by atoms with Crippen molar-refractivity contribution in [1.29, 1.82) is 0 Å². The molecule has 0 saturated carbocycles. The zero-order chi connectivity index (χ0) is 22.1. The zero-order valence-corrected chi connectivity index (χ0v) is 17.5. The van der Waals surface area contributed by atoms with Gasteiger partial charge in [-0.05, 0) is 55.7 Å². The van der Waals surface area contributed by atoms with E-state index in [1.165, 1.54) is 6.92 Å². The number of aryl methyl sites for hydroxylation is 2. The van der Waals surface area contributed by atoms with Crippen LogP contribution in [0.4, 0.5) is 11.4 Å². The second kappa shape index (κ2) is 8.10. The van der Waals surface area contributed by atoms with E-state index in [4.69, 9.17) is 8.83 Å². The van der Waals surface area contributed by atoms with E-state index in [0.29, 0.717) is 28.1 Å². The molecule has 0 fully saturated rings. The molecule has 2 amide bonds. The third kappa shape index (κ3) is 4.21. The molecule has 0 spiro atoms. The van der Waals surface area contributed by atoms with Crippen LogP contribution in [0.5, 0.6) is 0 Å². The van der Waals surface area contributed by atoms with E-state index in [-0.39, 0.29) is 24.7 Å². The van der Waals surface area contributed by atoms with Crippen LogP contribution in [-0.2, 0) is 16.0 Å². The molecule has 0 saturated heterocycles. The van der Waals surface area contributed by atoms with Crippen LogP contribution >= 0.6 is 0 Å². The third-order valence-corrected chi connectivity index (χ3v) is 5.24. The molecular formula is C24H22N2O5. The van der Waals surface area contributed by atoms with Crippen LogP contribution in [0.2, 0.25) is 0 Å². The summed E-state index contributed by atoms with van der Waals surface area (Å²) >= 11 is 0. The topological polar surface area (TPSA) is 102 Å². The zero-order valence-electron chi connectivity index (χ0n) is 17.5. The van der Waals surface area contributed by atoms with Crippen LogP contribution < -0.4 is 16.3 Å². The van der Waals surface area contributed by atoms with Crippen molar-refractivity contribution in [2.75, 3.05) is 10.6 Å². The van der Waals surface area contributed by atoms with E-state index in [2.05, 4.69) is 10.6 Å². The molecule has 0 unspecified atom stereocenters. The van der Waals surface area contributed by atoms with Crippen LogP contribution in [0.1, 0.15) is 30.0 Å². The van der Waals surface area contributed by atoms with Gasteiger partial charge in [0, 0.05) is 47.1 Å². The first kappa shape index (κ1) is 20.4. The predicted octanol–water partition coefficient (Wildman–Crippen LogP) is 4.69. The van der Waals surface area contributed by atoms with Crippen molar-refractivity contribution in [2.24, 2.45) is 0 Å². The van der Waals surface area contributed by atoms with Gasteiger partial charge in [-0.3, -0.25) is 9.59 Å². The van der Waals surface area contributed by atoms with Gasteiger partial charge in [0.2, 0.25) is 11.8 Å². The number of anilines is 2. The van der Waals surface area contributed by atoms with Crippen molar-refractivity contribution in [2.45, 2.75) is 33.6 Å². The normalized spacial score (nSPS) is 11.1. The number of hydrogen-bond acceptors (Lipinski definition) is 5. The molecule has 2 N–H and O–H groups in total. The number of amides is 2. The second-order valence-corrected chi connectivity index (χ2v) is 7.57. The molecule has 7 heteroatoms. The van der Waals surface area contributed by atoms with Gasteiger partial charge in [0.15, 0.2) is 0 Å². The highest BCUT2D eigenvalue weighted by Gasteiger charge is 2.15. The lowest BCUT2D eigenvalue weighted by molar-refractivity contribution is -0.116. The Morgan fingerprint density at radius 3 is 2.45 bits per heavy atom. The van der Waals surface area contributed by atoms with Gasteiger partial charge in [0.1, 0.15) is 11.2 Å². The number of nitrogens with one attached hydrogen (secondary N) is 2. The molecular weight excluding hydrogens is 396 g/mol. The Hall–Kier alpha value is -3.87. The fourth-order valence-corrected chi connectivity index (χ4v) is 3.67. The van der Waals surface area contributed by atoms with Crippen molar-refractivity contribution >= 4 is 45.1 Å². The van der Waals surface area contributed by atoms with E-state index in [1.807, 2.05) is 19.9 Å². The predicted molar refractivity (Wildman–Crippen MR) is 119 cm³/mol. The molecule has 4 aromatic rings. The number of fused-ring (bicyclic) bond motifs is 2. The van der Waals surface area contributed by atoms with Crippen LogP contribution in [0.25, 0.3) is 21.9 Å². The fraction of sp³-hybridized carbons (Fsp3) is 0.208. The van der Waals surface area contributed by atoms with Crippen molar-refractivity contribution in [3.63, 3.8) is 0 Å². The van der Waals surface area contributed by atoms with E-state index >= 15 is 0 Å². The summed E-state index contributed by atoms with van der Waals surface area (Å²) in [6.45, 7) is 5.24. The Morgan fingerprint density at radius 2 is 1.71 bits per heavy atom. The molecule has 0 atom stereocenters. The maximum absolute atomic E-state index is 12.5. The average molecular weight is 418 g/mol. The van der Waals surface area contributed by atoms with Gasteiger partial charge in [0.05, 0.1) is 6.26 Å². The summed E-state index contributed by atoms with van der Waals surface area (Å²) in [5.74, 6) is -0.426. The number of carbonyl (C=O) groups excluding carboxylic acids is 2. The lowest BCUT2D eigenvalue weighted by atomic mass is 10.0. The molecule has 0 aliphatic heterocycles. The van der Waals surface area contributed by atoms with Gasteiger partial charge >= 0.3 is 5.63 Å². The Balaban J connectivity index is 1.54. The van der Waals surface area contributed by atoms with Crippen molar-refractivity contribution in [1.82, 2.24) is 0 Å². The summed E-state index contributed by atoms with van der Waals surface area (Å²) in [5, 5.41) is 7.26. The summed E-state index contributed by atoms with van der Waals surface area (Å²) in [4.78, 5) is 36.2. The van der Waals surface area contributed by atoms with Crippen molar-refractivity contribution < 1.29 is 18.4 Å². The average Bonchev–Trinajstić information content (AvgIpc) is 3.06. The lowest BCUT2D eigenvalue weighted by Gasteiger charge is -2.10.